The highest BCUT2D eigenvalue weighted by atomic mass is 32.2. The maximum Gasteiger partial charge on any atom is 0.231 e. The van der Waals surface area contributed by atoms with Crippen LogP contribution in [0.3, 0.4) is 0 Å². The summed E-state index contributed by atoms with van der Waals surface area (Å²) >= 11 is 1.57. The van der Waals surface area contributed by atoms with Crippen LogP contribution in [0, 0.1) is 0 Å². The number of aromatic amines is 1. The zero-order chi connectivity index (χ0) is 20.8. The second kappa shape index (κ2) is 9.96. The number of hydrogen-bond acceptors (Lipinski definition) is 9. The van der Waals surface area contributed by atoms with Crippen LogP contribution in [0.5, 0.6) is 0 Å². The third kappa shape index (κ3) is 4.77. The fraction of sp³-hybridized carbons (Fsp3) is 0.450. The lowest BCUT2D eigenvalue weighted by molar-refractivity contribution is 0.122. The molecule has 0 spiro atoms. The van der Waals surface area contributed by atoms with E-state index >= 15 is 0 Å². The Bertz CT molecular complexity index is 955. The molecule has 4 rings (SSSR count). The van der Waals surface area contributed by atoms with Crippen LogP contribution in [0.2, 0.25) is 0 Å². The van der Waals surface area contributed by atoms with Crippen molar-refractivity contribution in [1.82, 2.24) is 20.2 Å². The molecule has 0 bridgehead atoms. The Hall–Kier alpha value is -2.56. The molecule has 160 valence electrons. The molecular weight excluding hydrogens is 400 g/mol. The summed E-state index contributed by atoms with van der Waals surface area (Å²) in [7, 11) is 0. The predicted molar refractivity (Wildman–Crippen MR) is 123 cm³/mol. The molecule has 3 heterocycles. The summed E-state index contributed by atoms with van der Waals surface area (Å²) in [5.74, 6) is 1.31. The van der Waals surface area contributed by atoms with Gasteiger partial charge in [-0.2, -0.15) is 15.1 Å². The van der Waals surface area contributed by atoms with Gasteiger partial charge in [0.05, 0.1) is 18.6 Å². The van der Waals surface area contributed by atoms with E-state index in [4.69, 9.17) is 15.5 Å². The lowest BCUT2D eigenvalue weighted by atomic mass is 10.2. The molecule has 0 saturated carbocycles. The lowest BCUT2D eigenvalue weighted by Gasteiger charge is -2.28. The highest BCUT2D eigenvalue weighted by molar-refractivity contribution is 7.98. The minimum Gasteiger partial charge on any atom is -0.378 e. The molecule has 1 fully saturated rings. The lowest BCUT2D eigenvalue weighted by Crippen LogP contribution is -2.36. The zero-order valence-corrected chi connectivity index (χ0v) is 18.0. The Morgan fingerprint density at radius 1 is 1.17 bits per heavy atom. The van der Waals surface area contributed by atoms with Gasteiger partial charge in [0.25, 0.3) is 0 Å². The molecule has 9 nitrogen and oxygen atoms in total. The first-order valence-corrected chi connectivity index (χ1v) is 11.4. The van der Waals surface area contributed by atoms with E-state index in [9.17, 15) is 0 Å². The minimum atomic E-state index is 0.527. The number of benzene rings is 1. The van der Waals surface area contributed by atoms with E-state index < -0.39 is 0 Å². The molecule has 30 heavy (non-hydrogen) atoms. The van der Waals surface area contributed by atoms with Gasteiger partial charge < -0.3 is 26.0 Å². The fourth-order valence-electron chi connectivity index (χ4n) is 3.42. The number of H-pyrrole nitrogens is 1. The van der Waals surface area contributed by atoms with E-state index in [1.165, 1.54) is 5.69 Å². The Morgan fingerprint density at radius 2 is 1.97 bits per heavy atom. The SMILES string of the molecule is CSc1n[nH]c2nc(Nc3ccc(N4CCOCC4)cc3)nc(NCCCCN)c12. The molecule has 2 aromatic heterocycles. The second-order valence-electron chi connectivity index (χ2n) is 7.05. The molecule has 1 saturated heterocycles. The topological polar surface area (TPSA) is 117 Å². The van der Waals surface area contributed by atoms with Crippen LogP contribution in [-0.2, 0) is 4.74 Å². The third-order valence-electron chi connectivity index (χ3n) is 5.00. The minimum absolute atomic E-state index is 0.527. The van der Waals surface area contributed by atoms with Gasteiger partial charge in [-0.3, -0.25) is 5.10 Å². The number of rotatable bonds is 9. The zero-order valence-electron chi connectivity index (χ0n) is 17.1. The van der Waals surface area contributed by atoms with Crippen LogP contribution in [0.25, 0.3) is 11.0 Å². The normalized spacial score (nSPS) is 14.3. The van der Waals surface area contributed by atoms with Crippen molar-refractivity contribution < 1.29 is 4.74 Å². The van der Waals surface area contributed by atoms with E-state index in [-0.39, 0.29) is 0 Å². The van der Waals surface area contributed by atoms with E-state index in [2.05, 4.69) is 42.8 Å². The maximum atomic E-state index is 5.60. The molecule has 0 amide bonds. The first-order valence-electron chi connectivity index (χ1n) is 10.2. The molecule has 0 atom stereocenters. The number of thioether (sulfide) groups is 1. The number of fused-ring (bicyclic) bond motifs is 1. The van der Waals surface area contributed by atoms with Crippen molar-refractivity contribution >= 4 is 45.9 Å². The maximum absolute atomic E-state index is 5.60. The summed E-state index contributed by atoms with van der Waals surface area (Å²) in [4.78, 5) is 11.7. The van der Waals surface area contributed by atoms with Gasteiger partial charge in [-0.25, -0.2) is 0 Å². The number of nitrogens with one attached hydrogen (secondary N) is 3. The Balaban J connectivity index is 1.53. The van der Waals surface area contributed by atoms with E-state index in [0.29, 0.717) is 18.1 Å². The number of hydrogen-bond donors (Lipinski definition) is 4. The molecule has 10 heteroatoms. The molecule has 0 radical (unpaired) electrons. The van der Waals surface area contributed by atoms with Crippen LogP contribution in [-0.4, -0.2) is 65.8 Å². The molecule has 0 unspecified atom stereocenters. The summed E-state index contributed by atoms with van der Waals surface area (Å²) in [5, 5.41) is 15.9. The number of ether oxygens (including phenoxy) is 1. The quantitative estimate of drug-likeness (QED) is 0.301. The monoisotopic (exact) mass is 428 g/mol. The molecular formula is C20H28N8OS. The molecule has 0 aliphatic carbocycles. The Kier molecular flexibility index (Phi) is 6.88. The number of nitrogens with zero attached hydrogens (tertiary/aromatic N) is 4. The van der Waals surface area contributed by atoms with E-state index in [0.717, 1.165) is 67.6 Å². The van der Waals surface area contributed by atoms with Crippen molar-refractivity contribution in [1.29, 1.82) is 0 Å². The average molecular weight is 429 g/mol. The van der Waals surface area contributed by atoms with Crippen LogP contribution in [0.15, 0.2) is 29.3 Å². The molecule has 1 aromatic carbocycles. The van der Waals surface area contributed by atoms with Gasteiger partial charge in [-0.15, -0.1) is 11.8 Å². The van der Waals surface area contributed by atoms with Crippen molar-refractivity contribution in [2.75, 3.05) is 61.2 Å². The average Bonchev–Trinajstić information content (AvgIpc) is 3.21. The van der Waals surface area contributed by atoms with Gasteiger partial charge >= 0.3 is 0 Å². The van der Waals surface area contributed by atoms with Crippen molar-refractivity contribution in [3.8, 4) is 0 Å². The molecule has 5 N–H and O–H groups in total. The van der Waals surface area contributed by atoms with Crippen molar-refractivity contribution in [2.24, 2.45) is 5.73 Å². The van der Waals surface area contributed by atoms with Crippen molar-refractivity contribution in [3.05, 3.63) is 24.3 Å². The van der Waals surface area contributed by atoms with Crippen LogP contribution in [0.4, 0.5) is 23.1 Å². The van der Waals surface area contributed by atoms with Gasteiger partial charge in [0.1, 0.15) is 10.8 Å². The van der Waals surface area contributed by atoms with Crippen molar-refractivity contribution in [3.63, 3.8) is 0 Å². The highest BCUT2D eigenvalue weighted by Gasteiger charge is 2.15. The van der Waals surface area contributed by atoms with Crippen LogP contribution in [0.1, 0.15) is 12.8 Å². The van der Waals surface area contributed by atoms with Crippen LogP contribution >= 0.6 is 11.8 Å². The van der Waals surface area contributed by atoms with E-state index in [1.54, 1.807) is 11.8 Å². The molecule has 1 aliphatic heterocycles. The van der Waals surface area contributed by atoms with Crippen molar-refractivity contribution in [2.45, 2.75) is 17.9 Å². The molecule has 1 aliphatic rings. The summed E-state index contributed by atoms with van der Waals surface area (Å²) in [6.45, 7) is 4.88. The van der Waals surface area contributed by atoms with Crippen LogP contribution < -0.4 is 21.3 Å². The fourth-order valence-corrected chi connectivity index (χ4v) is 3.95. The predicted octanol–water partition coefficient (Wildman–Crippen LogP) is 2.81. The highest BCUT2D eigenvalue weighted by Crippen LogP contribution is 2.30. The number of nitrogens with two attached hydrogens (primary N) is 1. The van der Waals surface area contributed by atoms with Gasteiger partial charge in [-0.05, 0) is 49.9 Å². The smallest absolute Gasteiger partial charge is 0.231 e. The first-order chi connectivity index (χ1) is 14.8. The summed E-state index contributed by atoms with van der Waals surface area (Å²) in [6.07, 6.45) is 3.96. The van der Waals surface area contributed by atoms with Gasteiger partial charge in [0, 0.05) is 31.0 Å². The number of unbranched alkanes of at least 4 members (excludes halogenated alkanes) is 1. The number of anilines is 4. The Labute approximate surface area is 180 Å². The summed E-state index contributed by atoms with van der Waals surface area (Å²) in [6, 6.07) is 8.32. The summed E-state index contributed by atoms with van der Waals surface area (Å²) < 4.78 is 5.43. The Morgan fingerprint density at radius 3 is 2.70 bits per heavy atom. The first kappa shape index (κ1) is 20.7. The van der Waals surface area contributed by atoms with E-state index in [1.807, 2.05) is 18.4 Å². The van der Waals surface area contributed by atoms with Gasteiger partial charge in [-0.1, -0.05) is 0 Å². The molecule has 3 aromatic rings. The summed E-state index contributed by atoms with van der Waals surface area (Å²) in [5.41, 5.74) is 8.45. The largest absolute Gasteiger partial charge is 0.378 e. The van der Waals surface area contributed by atoms with Gasteiger partial charge in [0.2, 0.25) is 5.95 Å². The second-order valence-corrected chi connectivity index (χ2v) is 7.84. The number of aromatic nitrogens is 4. The number of morpholine rings is 1. The standard InChI is InChI=1S/C20H28N8OS/c1-30-19-16-17(22-9-3-2-8-21)24-20(25-18(16)26-27-19)23-14-4-6-15(7-5-14)28-10-12-29-13-11-28/h4-7H,2-3,8-13,21H2,1H3,(H3,22,23,24,25,26,27). The third-order valence-corrected chi connectivity index (χ3v) is 5.68. The van der Waals surface area contributed by atoms with Gasteiger partial charge in [0.15, 0.2) is 5.65 Å².